The summed E-state index contributed by atoms with van der Waals surface area (Å²) < 4.78 is 0. The van der Waals surface area contributed by atoms with E-state index in [4.69, 9.17) is 11.7 Å². The second-order valence-electron chi connectivity index (χ2n) is 1.89. The van der Waals surface area contributed by atoms with E-state index in [0.717, 1.165) is 5.56 Å². The molecule has 0 heterocycles. The third-order valence-corrected chi connectivity index (χ3v) is 0.992. The van der Waals surface area contributed by atoms with Gasteiger partial charge in [0.25, 0.3) is 0 Å². The molecule has 0 amide bonds. The van der Waals surface area contributed by atoms with Gasteiger partial charge in [-0.05, 0) is 6.92 Å². The molecule has 0 aliphatic carbocycles. The molecule has 0 atom stereocenters. The number of rotatable bonds is 1. The molecule has 0 saturated heterocycles. The Morgan fingerprint density at radius 2 is 1.75 bits per heavy atom. The molecule has 1 rings (SSSR count). The molecular formula is C10H13OW-. The monoisotopic (exact) mass is 333 g/mol. The predicted molar refractivity (Wildman–Crippen MR) is 48.0 cm³/mol. The van der Waals surface area contributed by atoms with Crippen molar-refractivity contribution in [2.24, 2.45) is 0 Å². The van der Waals surface area contributed by atoms with Crippen molar-refractivity contribution < 1.29 is 26.2 Å². The van der Waals surface area contributed by atoms with E-state index < -0.39 is 0 Å². The molecule has 0 radical (unpaired) electrons. The Hall–Kier alpha value is -0.392. The topological polar surface area (TPSA) is 20.2 Å². The molecule has 0 aromatic heterocycles. The molecule has 0 fully saturated rings. The summed E-state index contributed by atoms with van der Waals surface area (Å²) in [6.07, 6.45) is 1.58. The van der Waals surface area contributed by atoms with Crippen LogP contribution in [0.5, 0.6) is 0 Å². The van der Waals surface area contributed by atoms with Crippen molar-refractivity contribution in [1.82, 2.24) is 0 Å². The normalized spacial score (nSPS) is 7.17. The van der Waals surface area contributed by atoms with Gasteiger partial charge in [0.05, 0.1) is 0 Å². The summed E-state index contributed by atoms with van der Waals surface area (Å²) in [7, 11) is 0. The van der Waals surface area contributed by atoms with Crippen molar-refractivity contribution in [3.8, 4) is 0 Å². The Labute approximate surface area is 88.4 Å². The van der Waals surface area contributed by atoms with E-state index in [2.05, 4.69) is 0 Å². The Bertz CT molecular complexity index is 184. The summed E-state index contributed by atoms with van der Waals surface area (Å²) in [6, 6.07) is 9.80. The number of hydrogen-bond acceptors (Lipinski definition) is 1. The molecule has 0 bridgehead atoms. The van der Waals surface area contributed by atoms with E-state index >= 15 is 0 Å². The van der Waals surface area contributed by atoms with Crippen LogP contribution in [0.25, 0.3) is 6.08 Å². The van der Waals surface area contributed by atoms with Crippen LogP contribution >= 0.6 is 0 Å². The molecule has 0 aliphatic rings. The molecule has 0 unspecified atom stereocenters. The van der Waals surface area contributed by atoms with Gasteiger partial charge in [0, 0.05) is 27.7 Å². The summed E-state index contributed by atoms with van der Waals surface area (Å²) in [5.41, 5.74) is 1.06. The van der Waals surface area contributed by atoms with Crippen LogP contribution in [0, 0.1) is 6.58 Å². The van der Waals surface area contributed by atoms with Crippen molar-refractivity contribution in [3.63, 3.8) is 0 Å². The third kappa shape index (κ3) is 7.71. The fourth-order valence-corrected chi connectivity index (χ4v) is 0.564. The van der Waals surface area contributed by atoms with Crippen LogP contribution in [0.4, 0.5) is 0 Å². The van der Waals surface area contributed by atoms with Gasteiger partial charge in [-0.25, -0.2) is 6.08 Å². The fourth-order valence-electron chi connectivity index (χ4n) is 0.564. The first kappa shape index (κ1) is 14.2. The molecule has 2 heteroatoms. The van der Waals surface area contributed by atoms with Crippen molar-refractivity contribution in [2.45, 2.75) is 6.92 Å². The first-order valence-corrected chi connectivity index (χ1v) is 3.56. The summed E-state index contributed by atoms with van der Waals surface area (Å²) in [4.78, 5) is 0. The van der Waals surface area contributed by atoms with E-state index in [0.29, 0.717) is 0 Å². The van der Waals surface area contributed by atoms with Crippen molar-refractivity contribution >= 4 is 6.08 Å². The van der Waals surface area contributed by atoms with E-state index in [9.17, 15) is 0 Å². The molecule has 66 valence electrons. The molecular weight excluding hydrogens is 320 g/mol. The molecule has 0 saturated carbocycles. The molecule has 1 aromatic carbocycles. The number of benzene rings is 1. The first-order chi connectivity index (χ1) is 5.35. The minimum Gasteiger partial charge on any atom is -0.397 e. The zero-order valence-corrected chi connectivity index (χ0v) is 10.0. The Kier molecular flexibility index (Phi) is 12.5. The molecule has 0 spiro atoms. The van der Waals surface area contributed by atoms with Crippen molar-refractivity contribution in [1.29, 1.82) is 0 Å². The van der Waals surface area contributed by atoms with E-state index in [-0.39, 0.29) is 27.7 Å². The summed E-state index contributed by atoms with van der Waals surface area (Å²) in [6.45, 7) is 7.16. The van der Waals surface area contributed by atoms with Gasteiger partial charge in [0.15, 0.2) is 0 Å². The van der Waals surface area contributed by atoms with Crippen LogP contribution in [0.15, 0.2) is 30.3 Å². The van der Waals surface area contributed by atoms with Gasteiger partial charge >= 0.3 is 0 Å². The maximum absolute atomic E-state index is 7.57. The average molecular weight is 333 g/mol. The molecule has 0 aliphatic heterocycles. The zero-order valence-electron chi connectivity index (χ0n) is 7.10. The van der Waals surface area contributed by atoms with Crippen molar-refractivity contribution in [2.75, 3.05) is 6.61 Å². The average Bonchev–Trinajstić information content (AvgIpc) is 2.08. The summed E-state index contributed by atoms with van der Waals surface area (Å²) in [5, 5.41) is 7.57. The molecule has 1 aromatic rings. The van der Waals surface area contributed by atoms with Crippen LogP contribution in [0.1, 0.15) is 12.5 Å². The summed E-state index contributed by atoms with van der Waals surface area (Å²) >= 11 is 0. The first-order valence-electron chi connectivity index (χ1n) is 3.56. The van der Waals surface area contributed by atoms with Crippen LogP contribution in [0.3, 0.4) is 0 Å². The minimum atomic E-state index is 0. The van der Waals surface area contributed by atoms with Crippen molar-refractivity contribution in [3.05, 3.63) is 42.5 Å². The van der Waals surface area contributed by atoms with Crippen LogP contribution in [0.2, 0.25) is 0 Å². The zero-order chi connectivity index (χ0) is 8.53. The van der Waals surface area contributed by atoms with Crippen LogP contribution in [-0.2, 0) is 21.1 Å². The third-order valence-electron chi connectivity index (χ3n) is 0.992. The van der Waals surface area contributed by atoms with E-state index in [1.165, 1.54) is 0 Å². The molecule has 12 heavy (non-hydrogen) atoms. The van der Waals surface area contributed by atoms with E-state index in [1.807, 2.05) is 30.3 Å². The van der Waals surface area contributed by atoms with Gasteiger partial charge in [-0.15, -0.1) is 12.1 Å². The van der Waals surface area contributed by atoms with Gasteiger partial charge in [-0.2, -0.15) is 5.56 Å². The smallest absolute Gasteiger partial charge is 0.0402 e. The Balaban J connectivity index is 0. The van der Waals surface area contributed by atoms with Crippen LogP contribution < -0.4 is 0 Å². The largest absolute Gasteiger partial charge is 0.397 e. The van der Waals surface area contributed by atoms with Gasteiger partial charge in [-0.1, -0.05) is 18.2 Å². The van der Waals surface area contributed by atoms with Gasteiger partial charge in [0.2, 0.25) is 0 Å². The van der Waals surface area contributed by atoms with Gasteiger partial charge in [0.1, 0.15) is 0 Å². The maximum atomic E-state index is 7.57. The Morgan fingerprint density at radius 3 is 2.00 bits per heavy atom. The molecule has 1 N–H and O–H groups in total. The second kappa shape index (κ2) is 10.6. The number of aliphatic hydroxyl groups is 1. The fraction of sp³-hybridized carbons (Fsp3) is 0.200. The SMILES string of the molecule is CCO.[CH-]=Cc1ccccc1.[W]. The second-order valence-corrected chi connectivity index (χ2v) is 1.89. The van der Waals surface area contributed by atoms with Crippen LogP contribution in [-0.4, -0.2) is 11.7 Å². The van der Waals surface area contributed by atoms with E-state index in [1.54, 1.807) is 13.0 Å². The number of hydrogen-bond donors (Lipinski definition) is 1. The minimum absolute atomic E-state index is 0. The van der Waals surface area contributed by atoms with Gasteiger partial charge in [-0.3, -0.25) is 6.58 Å². The maximum Gasteiger partial charge on any atom is 0.0402 e. The quantitative estimate of drug-likeness (QED) is 0.781. The Morgan fingerprint density at radius 1 is 1.33 bits per heavy atom. The predicted octanol–water partition coefficient (Wildman–Crippen LogP) is 2.13. The number of aliphatic hydroxyl groups excluding tert-OH is 1. The van der Waals surface area contributed by atoms with Gasteiger partial charge < -0.3 is 5.11 Å². The molecule has 1 nitrogen and oxygen atoms in total. The standard InChI is InChI=1S/C8H7.C2H6O.W/c1-2-8-6-4-3-5-7-8;1-2-3;/h1-7H;3H,2H2,1H3;/q-1;;. The summed E-state index contributed by atoms with van der Waals surface area (Å²) in [5.74, 6) is 0.